The Morgan fingerprint density at radius 3 is 1.88 bits per heavy atom. The molecular weight excluding hydrogens is 1020 g/mol. The van der Waals surface area contributed by atoms with Gasteiger partial charge in [0.15, 0.2) is 30.0 Å². The highest BCUT2D eigenvalue weighted by atomic mass is 16.8. The molecule has 0 bridgehead atoms. The third kappa shape index (κ3) is 12.7. The van der Waals surface area contributed by atoms with Gasteiger partial charge in [-0.15, -0.1) is 0 Å². The Morgan fingerprint density at radius 2 is 1.22 bits per heavy atom. The van der Waals surface area contributed by atoms with Crippen LogP contribution in [0.25, 0.3) is 34.4 Å². The van der Waals surface area contributed by atoms with E-state index in [0.717, 1.165) is 18.2 Å². The van der Waals surface area contributed by atoms with Crippen molar-refractivity contribution in [1.29, 1.82) is 0 Å². The van der Waals surface area contributed by atoms with Gasteiger partial charge in [0.25, 0.3) is 0 Å². The van der Waals surface area contributed by atoms with Crippen LogP contribution in [0.15, 0.2) is 95.4 Å². The van der Waals surface area contributed by atoms with Crippen LogP contribution in [0, 0.1) is 0 Å². The van der Waals surface area contributed by atoms with E-state index in [9.17, 15) is 70.9 Å². The fourth-order valence-electron chi connectivity index (χ4n) is 8.34. The zero-order valence-corrected chi connectivity index (χ0v) is 40.7. The van der Waals surface area contributed by atoms with Crippen LogP contribution in [0.1, 0.15) is 11.1 Å². The lowest BCUT2D eigenvalue weighted by molar-refractivity contribution is -0.345. The highest BCUT2D eigenvalue weighted by molar-refractivity contribution is 5.89. The highest BCUT2D eigenvalue weighted by Crippen LogP contribution is 2.43. The minimum absolute atomic E-state index is 0.00817. The van der Waals surface area contributed by atoms with Gasteiger partial charge in [0, 0.05) is 24.3 Å². The normalized spacial score (nSPS) is 28.5. The van der Waals surface area contributed by atoms with Crippen molar-refractivity contribution in [2.75, 3.05) is 34.0 Å². The highest BCUT2D eigenvalue weighted by Gasteiger charge is 2.52. The molecule has 4 aromatic carbocycles. The van der Waals surface area contributed by atoms with E-state index in [0.29, 0.717) is 11.1 Å². The van der Waals surface area contributed by atoms with Crippen LogP contribution in [0.4, 0.5) is 0 Å². The number of aromatic hydroxyl groups is 4. The number of carbonyl (C=O) groups excluding carboxylic acids is 2. The number of methoxy groups -OCH3 is 2. The van der Waals surface area contributed by atoms with E-state index in [1.807, 2.05) is 0 Å². The number of carbonyl (C=O) groups is 2. The maximum Gasteiger partial charge on any atom is 0.402 e. The molecule has 3 aliphatic heterocycles. The van der Waals surface area contributed by atoms with Crippen molar-refractivity contribution in [1.82, 2.24) is 0 Å². The summed E-state index contributed by atoms with van der Waals surface area (Å²) in [5.74, 6) is -3.73. The first-order valence-corrected chi connectivity index (χ1v) is 23.6. The molecular formula is C52H55O25+. The predicted molar refractivity (Wildman–Crippen MR) is 260 cm³/mol. The number of phenols is 4. The quantitative estimate of drug-likeness (QED) is 0.0344. The van der Waals surface area contributed by atoms with Crippen LogP contribution in [-0.4, -0.2) is 193 Å². The third-order valence-corrected chi connectivity index (χ3v) is 12.5. The molecule has 4 heterocycles. The van der Waals surface area contributed by atoms with E-state index < -0.39 is 124 Å². The summed E-state index contributed by atoms with van der Waals surface area (Å²) in [5.41, 5.74) is 0.893. The molecule has 12 N–H and O–H groups in total. The summed E-state index contributed by atoms with van der Waals surface area (Å²) in [4.78, 5) is 26.4. The maximum absolute atomic E-state index is 13.4. The molecule has 14 unspecified atom stereocenters. The number of hydrogen-bond acceptors (Lipinski definition) is 24. The topological polar surface area (TPSA) is 381 Å². The van der Waals surface area contributed by atoms with Gasteiger partial charge in [0.05, 0.1) is 39.1 Å². The smallest absolute Gasteiger partial charge is 0.402 e. The van der Waals surface area contributed by atoms with E-state index in [4.69, 9.17) is 51.8 Å². The fourth-order valence-corrected chi connectivity index (χ4v) is 8.34. The molecule has 3 fully saturated rings. The van der Waals surface area contributed by atoms with Crippen LogP contribution in [0.2, 0.25) is 0 Å². The Labute approximate surface area is 436 Å². The molecule has 1 aromatic heterocycles. The molecule has 77 heavy (non-hydrogen) atoms. The number of esters is 2. The van der Waals surface area contributed by atoms with Gasteiger partial charge in [-0.3, -0.25) is 0 Å². The molecule has 0 amide bonds. The zero-order chi connectivity index (χ0) is 55.2. The molecule has 0 saturated carbocycles. The molecule has 0 aliphatic carbocycles. The van der Waals surface area contributed by atoms with Gasteiger partial charge >= 0.3 is 23.3 Å². The molecule has 14 atom stereocenters. The maximum atomic E-state index is 13.4. The van der Waals surface area contributed by atoms with Gasteiger partial charge < -0.3 is 109 Å². The summed E-state index contributed by atoms with van der Waals surface area (Å²) in [6, 6.07) is 17.5. The first-order chi connectivity index (χ1) is 36.8. The van der Waals surface area contributed by atoms with Crippen molar-refractivity contribution < 1.29 is 123 Å². The van der Waals surface area contributed by atoms with Crippen LogP contribution < -0.4 is 18.9 Å². The van der Waals surface area contributed by atoms with Crippen LogP contribution in [0.3, 0.4) is 0 Å². The Morgan fingerprint density at radius 1 is 0.610 bits per heavy atom. The van der Waals surface area contributed by atoms with Crippen molar-refractivity contribution in [3.63, 3.8) is 0 Å². The molecule has 5 aromatic rings. The standard InChI is InChI=1S/C52H54O25/c1-67-33-15-24(16-34(68-2)41(33)61)6-14-39(59)76-48-40(60)30(57)21-70-51(48)77-49-45(65)43(63)37(22-69-38(58)13-5-23-3-9-26(54)10-4-23)75-52(49)73-35-19-29-31(71-47(35)25-7-11-27(55)12-8-25)17-28(56)18-32(29)72-50-46(66)44(64)42(62)36(20-53)74-50/h3-19,30,36-37,40,42-46,48-53,57,60,62-66H,20-22H2,1-2H3,(H3-,54,55,56,58,59,61)/p+1. The first kappa shape index (κ1) is 55.9. The lowest BCUT2D eigenvalue weighted by atomic mass is 9.98. The number of benzene rings is 4. The molecule has 8 rings (SSSR count). The molecule has 25 nitrogen and oxygen atoms in total. The summed E-state index contributed by atoms with van der Waals surface area (Å²) in [6.07, 6.45) is -20.9. The van der Waals surface area contributed by atoms with E-state index in [-0.39, 0.29) is 62.5 Å². The second-order valence-electron chi connectivity index (χ2n) is 17.7. The van der Waals surface area contributed by atoms with E-state index in [2.05, 4.69) is 0 Å². The molecule has 3 saturated heterocycles. The largest absolute Gasteiger partial charge is 0.508 e. The number of phenolic OH excluding ortho intramolecular Hbond substituents is 4. The van der Waals surface area contributed by atoms with Gasteiger partial charge in [-0.1, -0.05) is 12.1 Å². The summed E-state index contributed by atoms with van der Waals surface area (Å²) in [7, 11) is 2.59. The van der Waals surface area contributed by atoms with Crippen LogP contribution in [-0.2, 0) is 38.0 Å². The molecule has 3 aliphatic rings. The Hall–Kier alpha value is -7.37. The van der Waals surface area contributed by atoms with Crippen LogP contribution in [0.5, 0.6) is 46.0 Å². The van der Waals surface area contributed by atoms with E-state index in [1.54, 1.807) is 0 Å². The van der Waals surface area contributed by atoms with E-state index >= 15 is 0 Å². The lowest BCUT2D eigenvalue weighted by Gasteiger charge is -2.45. The predicted octanol–water partition coefficient (Wildman–Crippen LogP) is 0.570. The SMILES string of the molecule is COc1cc(C=CC(=O)OC2C(OC3C(Oc4cc5c(OC6OC(CO)C(O)C(O)C6O)cc(O)cc5[o+]c4-c4ccc(O)cc4)OC(COC(=O)C=Cc4ccc(O)cc4)C(O)C3O)OCC(O)C2O)cc(OC)c1O. The van der Waals surface area contributed by atoms with Crippen molar-refractivity contribution in [3.05, 3.63) is 102 Å². The number of ether oxygens (including phenoxy) is 10. The number of aliphatic hydroxyl groups excluding tert-OH is 8. The first-order valence-electron chi connectivity index (χ1n) is 23.6. The average molecular weight is 1080 g/mol. The summed E-state index contributed by atoms with van der Waals surface area (Å²) >= 11 is 0. The number of aliphatic hydroxyl groups is 8. The molecule has 25 heteroatoms. The minimum Gasteiger partial charge on any atom is -0.508 e. The van der Waals surface area contributed by atoms with Crippen molar-refractivity contribution >= 4 is 35.1 Å². The van der Waals surface area contributed by atoms with Crippen LogP contribution >= 0.6 is 0 Å². The van der Waals surface area contributed by atoms with Gasteiger partial charge in [0.2, 0.25) is 24.1 Å². The Kier molecular flexibility index (Phi) is 17.6. The minimum atomic E-state index is -2.08. The van der Waals surface area contributed by atoms with Gasteiger partial charge in [-0.05, 0) is 71.8 Å². The average Bonchev–Trinajstić information content (AvgIpc) is 3.45. The second kappa shape index (κ2) is 24.3. The molecule has 0 spiro atoms. The van der Waals surface area contributed by atoms with Gasteiger partial charge in [-0.2, -0.15) is 0 Å². The second-order valence-corrected chi connectivity index (χ2v) is 17.7. The van der Waals surface area contributed by atoms with Gasteiger partial charge in [-0.25, -0.2) is 14.0 Å². The Bertz CT molecular complexity index is 2890. The molecule has 412 valence electrons. The number of hydrogen-bond donors (Lipinski definition) is 12. The zero-order valence-electron chi connectivity index (χ0n) is 40.7. The summed E-state index contributed by atoms with van der Waals surface area (Å²) in [6.45, 7) is -2.14. The lowest BCUT2D eigenvalue weighted by Crippen LogP contribution is -2.64. The summed E-state index contributed by atoms with van der Waals surface area (Å²) in [5, 5.41) is 128. The Balaban J connectivity index is 1.15. The monoisotopic (exact) mass is 1080 g/mol. The number of rotatable bonds is 17. The molecule has 0 radical (unpaired) electrons. The van der Waals surface area contributed by atoms with Crippen molar-refractivity contribution in [2.24, 2.45) is 0 Å². The van der Waals surface area contributed by atoms with Gasteiger partial charge in [0.1, 0.15) is 89.9 Å². The summed E-state index contributed by atoms with van der Waals surface area (Å²) < 4.78 is 63.7. The number of fused-ring (bicyclic) bond motifs is 1. The van der Waals surface area contributed by atoms with Crippen molar-refractivity contribution in [2.45, 2.75) is 86.0 Å². The van der Waals surface area contributed by atoms with E-state index in [1.165, 1.54) is 99.2 Å². The third-order valence-electron chi connectivity index (χ3n) is 12.5. The fraction of sp³-hybridized carbons (Fsp3) is 0.365. The van der Waals surface area contributed by atoms with Crippen molar-refractivity contribution in [3.8, 4) is 57.3 Å².